The number of para-hydroxylation sites is 1. The number of aryl methyl sites for hydroxylation is 2. The van der Waals surface area contributed by atoms with Crippen LogP contribution in [-0.2, 0) is 0 Å². The van der Waals surface area contributed by atoms with Crippen LogP contribution in [0.1, 0.15) is 11.1 Å². The van der Waals surface area contributed by atoms with Crippen molar-refractivity contribution in [1.29, 1.82) is 5.26 Å². The SMILES string of the molecule is Cc1ccc(NC(=S)/C(C#N)=C2\Nc3ccccc3S2)cc1C. The molecule has 0 amide bonds. The first-order valence-corrected chi connectivity index (χ1v) is 8.38. The summed E-state index contributed by atoms with van der Waals surface area (Å²) in [4.78, 5) is 1.53. The molecule has 0 atom stereocenters. The van der Waals surface area contributed by atoms with Gasteiger partial charge in [0.15, 0.2) is 0 Å². The lowest BCUT2D eigenvalue weighted by molar-refractivity contribution is 1.34. The fraction of sp³-hybridized carbons (Fsp3) is 0.111. The number of rotatable bonds is 2. The Morgan fingerprint density at radius 2 is 1.96 bits per heavy atom. The number of thioether (sulfide) groups is 1. The molecule has 5 heteroatoms. The van der Waals surface area contributed by atoms with Gasteiger partial charge < -0.3 is 10.6 Å². The number of fused-ring (bicyclic) bond motifs is 1. The molecule has 0 aromatic heterocycles. The number of hydrogen-bond donors (Lipinski definition) is 2. The minimum Gasteiger partial charge on any atom is -0.348 e. The monoisotopic (exact) mass is 337 g/mol. The van der Waals surface area contributed by atoms with Crippen LogP contribution >= 0.6 is 24.0 Å². The lowest BCUT2D eigenvalue weighted by Crippen LogP contribution is -2.14. The van der Waals surface area contributed by atoms with E-state index in [4.69, 9.17) is 12.2 Å². The van der Waals surface area contributed by atoms with Gasteiger partial charge >= 0.3 is 0 Å². The minimum absolute atomic E-state index is 0.429. The maximum absolute atomic E-state index is 9.52. The number of benzene rings is 2. The Bertz CT molecular complexity index is 836. The van der Waals surface area contributed by atoms with Gasteiger partial charge in [-0.25, -0.2) is 0 Å². The van der Waals surface area contributed by atoms with Crippen LogP contribution < -0.4 is 10.6 Å². The van der Waals surface area contributed by atoms with E-state index in [1.165, 1.54) is 22.9 Å². The van der Waals surface area contributed by atoms with Gasteiger partial charge in [0.1, 0.15) is 16.6 Å². The van der Waals surface area contributed by atoms with E-state index in [0.29, 0.717) is 10.6 Å². The quantitative estimate of drug-likeness (QED) is 0.459. The van der Waals surface area contributed by atoms with E-state index in [1.807, 2.05) is 42.5 Å². The van der Waals surface area contributed by atoms with Gasteiger partial charge in [-0.05, 0) is 49.2 Å². The number of hydrogen-bond acceptors (Lipinski definition) is 4. The summed E-state index contributed by atoms with van der Waals surface area (Å²) in [6.45, 7) is 4.12. The molecule has 23 heavy (non-hydrogen) atoms. The van der Waals surface area contributed by atoms with Crippen LogP contribution in [0.25, 0.3) is 0 Å². The summed E-state index contributed by atoms with van der Waals surface area (Å²) in [5.74, 6) is 0. The highest BCUT2D eigenvalue weighted by Crippen LogP contribution is 2.42. The molecule has 0 saturated carbocycles. The molecule has 0 saturated heterocycles. The van der Waals surface area contributed by atoms with Crippen LogP contribution in [0, 0.1) is 25.2 Å². The summed E-state index contributed by atoms with van der Waals surface area (Å²) < 4.78 is 0. The van der Waals surface area contributed by atoms with Crippen molar-refractivity contribution in [3.05, 3.63) is 64.2 Å². The van der Waals surface area contributed by atoms with Crippen LogP contribution in [0.4, 0.5) is 11.4 Å². The summed E-state index contributed by atoms with van der Waals surface area (Å²) in [6.07, 6.45) is 0. The second kappa shape index (κ2) is 6.45. The van der Waals surface area contributed by atoms with Gasteiger partial charge in [0.05, 0.1) is 10.7 Å². The molecule has 0 bridgehead atoms. The van der Waals surface area contributed by atoms with Crippen molar-refractivity contribution >= 4 is 40.3 Å². The molecular formula is C18H15N3S2. The Morgan fingerprint density at radius 3 is 2.65 bits per heavy atom. The normalized spacial score (nSPS) is 14.5. The second-order valence-corrected chi connectivity index (χ2v) is 6.75. The number of nitrogens with zero attached hydrogens (tertiary/aromatic N) is 1. The zero-order valence-electron chi connectivity index (χ0n) is 12.8. The van der Waals surface area contributed by atoms with Crippen molar-refractivity contribution in [1.82, 2.24) is 0 Å². The zero-order chi connectivity index (χ0) is 16.4. The first-order chi connectivity index (χ1) is 11.1. The van der Waals surface area contributed by atoms with Crippen LogP contribution in [0.15, 0.2) is 58.0 Å². The number of thiocarbonyl (C=S) groups is 1. The lowest BCUT2D eigenvalue weighted by Gasteiger charge is -2.10. The summed E-state index contributed by atoms with van der Waals surface area (Å²) in [6, 6.07) is 16.2. The first-order valence-electron chi connectivity index (χ1n) is 7.15. The van der Waals surface area contributed by atoms with Crippen molar-refractivity contribution < 1.29 is 0 Å². The molecule has 2 N–H and O–H groups in total. The van der Waals surface area contributed by atoms with Crippen molar-refractivity contribution in [2.75, 3.05) is 10.6 Å². The van der Waals surface area contributed by atoms with E-state index in [1.54, 1.807) is 0 Å². The Morgan fingerprint density at radius 1 is 1.17 bits per heavy atom. The van der Waals surface area contributed by atoms with E-state index in [0.717, 1.165) is 21.3 Å². The Balaban J connectivity index is 1.84. The molecule has 0 aliphatic carbocycles. The van der Waals surface area contributed by atoms with Crippen molar-refractivity contribution in [3.8, 4) is 6.07 Å². The van der Waals surface area contributed by atoms with Gasteiger partial charge in [0.2, 0.25) is 0 Å². The Hall–Kier alpha value is -2.29. The highest BCUT2D eigenvalue weighted by Gasteiger charge is 2.21. The first kappa shape index (κ1) is 15.6. The van der Waals surface area contributed by atoms with E-state index < -0.39 is 0 Å². The number of nitrogens with one attached hydrogen (secondary N) is 2. The van der Waals surface area contributed by atoms with E-state index in [9.17, 15) is 5.26 Å². The average molecular weight is 337 g/mol. The number of anilines is 2. The van der Waals surface area contributed by atoms with Crippen LogP contribution in [0.3, 0.4) is 0 Å². The molecular weight excluding hydrogens is 322 g/mol. The van der Waals surface area contributed by atoms with E-state index in [2.05, 4.69) is 30.6 Å². The molecule has 0 radical (unpaired) electrons. The third-order valence-corrected chi connectivity index (χ3v) is 5.07. The van der Waals surface area contributed by atoms with Gasteiger partial charge in [0.25, 0.3) is 0 Å². The van der Waals surface area contributed by atoms with Crippen molar-refractivity contribution in [2.24, 2.45) is 0 Å². The largest absolute Gasteiger partial charge is 0.348 e. The summed E-state index contributed by atoms with van der Waals surface area (Å²) in [7, 11) is 0. The van der Waals surface area contributed by atoms with Gasteiger partial charge in [-0.15, -0.1) is 0 Å². The molecule has 2 aromatic carbocycles. The molecule has 0 fully saturated rings. The van der Waals surface area contributed by atoms with Crippen LogP contribution in [-0.4, -0.2) is 4.99 Å². The summed E-state index contributed by atoms with van der Waals surface area (Å²) >= 11 is 6.97. The van der Waals surface area contributed by atoms with Crippen LogP contribution in [0.2, 0.25) is 0 Å². The van der Waals surface area contributed by atoms with Gasteiger partial charge in [0, 0.05) is 10.6 Å². The maximum Gasteiger partial charge on any atom is 0.124 e. The van der Waals surface area contributed by atoms with Crippen molar-refractivity contribution in [3.63, 3.8) is 0 Å². The molecule has 1 aliphatic heterocycles. The zero-order valence-corrected chi connectivity index (χ0v) is 14.4. The second-order valence-electron chi connectivity index (χ2n) is 5.29. The molecule has 3 rings (SSSR count). The van der Waals surface area contributed by atoms with Gasteiger partial charge in [-0.1, -0.05) is 42.2 Å². The van der Waals surface area contributed by atoms with Gasteiger partial charge in [-0.2, -0.15) is 5.26 Å². The summed E-state index contributed by atoms with van der Waals surface area (Å²) in [5.41, 5.74) is 4.77. The highest BCUT2D eigenvalue weighted by molar-refractivity contribution is 8.03. The fourth-order valence-corrected chi connectivity index (χ4v) is 3.58. The Kier molecular flexibility index (Phi) is 4.37. The lowest BCUT2D eigenvalue weighted by atomic mass is 10.1. The molecule has 3 nitrogen and oxygen atoms in total. The standard InChI is InChI=1S/C18H15N3S2/c1-11-7-8-13(9-12(11)2)20-17(22)14(10-19)18-21-15-5-3-4-6-16(15)23-18/h3-9,21H,1-2H3,(H,20,22)/b18-14+. The predicted octanol–water partition coefficient (Wildman–Crippen LogP) is 5.00. The average Bonchev–Trinajstić information content (AvgIpc) is 2.95. The third-order valence-electron chi connectivity index (χ3n) is 3.68. The van der Waals surface area contributed by atoms with E-state index >= 15 is 0 Å². The molecule has 1 heterocycles. The highest BCUT2D eigenvalue weighted by atomic mass is 32.2. The molecule has 1 aliphatic rings. The van der Waals surface area contributed by atoms with Crippen molar-refractivity contribution in [2.45, 2.75) is 18.7 Å². The Labute approximate surface area is 145 Å². The van der Waals surface area contributed by atoms with E-state index in [-0.39, 0.29) is 0 Å². The molecule has 0 spiro atoms. The third kappa shape index (κ3) is 3.24. The molecule has 2 aromatic rings. The van der Waals surface area contributed by atoms with Crippen LogP contribution in [0.5, 0.6) is 0 Å². The number of nitriles is 1. The fourth-order valence-electron chi connectivity index (χ4n) is 2.25. The van der Waals surface area contributed by atoms with Gasteiger partial charge in [-0.3, -0.25) is 0 Å². The smallest absolute Gasteiger partial charge is 0.124 e. The topological polar surface area (TPSA) is 47.9 Å². The molecule has 0 unspecified atom stereocenters. The minimum atomic E-state index is 0.429. The maximum atomic E-state index is 9.52. The predicted molar refractivity (Wildman–Crippen MR) is 101 cm³/mol. The summed E-state index contributed by atoms with van der Waals surface area (Å²) in [5, 5.41) is 16.7. The molecule has 114 valence electrons.